The lowest BCUT2D eigenvalue weighted by atomic mass is 9.78. The van der Waals surface area contributed by atoms with Crippen molar-refractivity contribution >= 4 is 15.6 Å². The van der Waals surface area contributed by atoms with Crippen LogP contribution in [-0.2, 0) is 26.5 Å². The largest absolute Gasteiger partial charge is 0.299 e. The first-order chi connectivity index (χ1) is 12.7. The van der Waals surface area contributed by atoms with E-state index in [1.807, 2.05) is 0 Å². The Morgan fingerprint density at radius 2 is 1.85 bits per heavy atom. The molecule has 2 aromatic carbocycles. The van der Waals surface area contributed by atoms with Crippen molar-refractivity contribution in [2.45, 2.75) is 37.0 Å². The van der Waals surface area contributed by atoms with E-state index in [-0.39, 0.29) is 22.9 Å². The molecule has 0 fully saturated rings. The average Bonchev–Trinajstić information content (AvgIpc) is 2.65. The molecule has 0 bridgehead atoms. The Hall–Kier alpha value is -2.78. The molecule has 0 spiro atoms. The minimum atomic E-state index is -3.74. The van der Waals surface area contributed by atoms with E-state index in [1.165, 1.54) is 24.3 Å². The normalized spacial score (nSPS) is 12.1. The minimum absolute atomic E-state index is 0.0332. The SMILES string of the molecule is CC(C)(C(=O)CCc1ccc(F)cc1)c1cccc(S(=O)(=O)/C=C/C#N)c1. The number of aryl methyl sites for hydroxylation is 1. The standard InChI is InChI=1S/C21H20FNO3S/c1-21(2,20(24)12-9-16-7-10-18(22)11-8-16)17-5-3-6-19(15-17)27(25,26)14-4-13-23/h3-8,10-11,14-15H,9,12H2,1-2H3/b14-4+. The van der Waals surface area contributed by atoms with E-state index in [0.29, 0.717) is 12.0 Å². The maximum absolute atomic E-state index is 13.0. The van der Waals surface area contributed by atoms with Gasteiger partial charge >= 0.3 is 0 Å². The lowest BCUT2D eigenvalue weighted by Gasteiger charge is -2.24. The van der Waals surface area contributed by atoms with E-state index >= 15 is 0 Å². The van der Waals surface area contributed by atoms with Crippen LogP contribution in [0.5, 0.6) is 0 Å². The van der Waals surface area contributed by atoms with Gasteiger partial charge in [-0.2, -0.15) is 5.26 Å². The highest BCUT2D eigenvalue weighted by atomic mass is 32.2. The van der Waals surface area contributed by atoms with E-state index in [0.717, 1.165) is 17.0 Å². The van der Waals surface area contributed by atoms with Gasteiger partial charge in [-0.05, 0) is 55.7 Å². The molecule has 0 aliphatic heterocycles. The number of Topliss-reactive ketones (excluding diaryl/α,β-unsaturated/α-hetero) is 1. The third kappa shape index (κ3) is 5.11. The number of hydrogen-bond acceptors (Lipinski definition) is 4. The summed E-state index contributed by atoms with van der Waals surface area (Å²) in [5.74, 6) is -0.372. The highest BCUT2D eigenvalue weighted by Crippen LogP contribution is 2.28. The van der Waals surface area contributed by atoms with Crippen molar-refractivity contribution in [1.29, 1.82) is 5.26 Å². The molecule has 0 unspecified atom stereocenters. The number of benzene rings is 2. The van der Waals surface area contributed by atoms with Crippen LogP contribution >= 0.6 is 0 Å². The Morgan fingerprint density at radius 1 is 1.19 bits per heavy atom. The van der Waals surface area contributed by atoms with Crippen molar-refractivity contribution < 1.29 is 17.6 Å². The predicted octanol–water partition coefficient (Wildman–Crippen LogP) is 4.12. The summed E-state index contributed by atoms with van der Waals surface area (Å²) < 4.78 is 37.4. The summed E-state index contributed by atoms with van der Waals surface area (Å²) in [6.45, 7) is 3.49. The summed E-state index contributed by atoms with van der Waals surface area (Å²) >= 11 is 0. The Bertz CT molecular complexity index is 1000. The summed E-state index contributed by atoms with van der Waals surface area (Å²) in [6.07, 6.45) is 1.64. The highest BCUT2D eigenvalue weighted by Gasteiger charge is 2.30. The van der Waals surface area contributed by atoms with Crippen molar-refractivity contribution in [2.24, 2.45) is 0 Å². The molecule has 0 saturated heterocycles. The molecule has 2 rings (SSSR count). The van der Waals surface area contributed by atoms with Gasteiger partial charge < -0.3 is 0 Å². The molecule has 2 aromatic rings. The van der Waals surface area contributed by atoms with Gasteiger partial charge in [0.05, 0.1) is 11.0 Å². The third-order valence-electron chi connectivity index (χ3n) is 4.46. The van der Waals surface area contributed by atoms with Crippen LogP contribution in [0.25, 0.3) is 0 Å². The summed E-state index contributed by atoms with van der Waals surface area (Å²) in [7, 11) is -3.74. The zero-order valence-electron chi connectivity index (χ0n) is 15.1. The topological polar surface area (TPSA) is 75.0 Å². The van der Waals surface area contributed by atoms with Crippen LogP contribution in [0.1, 0.15) is 31.4 Å². The molecule has 0 heterocycles. The number of halogens is 1. The molecule has 27 heavy (non-hydrogen) atoms. The van der Waals surface area contributed by atoms with Crippen molar-refractivity contribution in [3.63, 3.8) is 0 Å². The lowest BCUT2D eigenvalue weighted by molar-refractivity contribution is -0.123. The van der Waals surface area contributed by atoms with Crippen LogP contribution in [0.15, 0.2) is 64.9 Å². The minimum Gasteiger partial charge on any atom is -0.299 e. The first kappa shape index (κ1) is 20.5. The Morgan fingerprint density at radius 3 is 2.48 bits per heavy atom. The molecule has 0 aromatic heterocycles. The molecule has 6 heteroatoms. The number of nitriles is 1. The number of allylic oxidation sites excluding steroid dienone is 1. The summed E-state index contributed by atoms with van der Waals surface area (Å²) in [4.78, 5) is 12.8. The van der Waals surface area contributed by atoms with Gasteiger partial charge in [0.25, 0.3) is 0 Å². The van der Waals surface area contributed by atoms with Crippen LogP contribution < -0.4 is 0 Å². The van der Waals surface area contributed by atoms with Gasteiger partial charge in [0.15, 0.2) is 0 Å². The molecule has 0 aliphatic rings. The molecule has 0 N–H and O–H groups in total. The average molecular weight is 385 g/mol. The second kappa shape index (κ2) is 8.28. The Kier molecular flexibility index (Phi) is 6.29. The van der Waals surface area contributed by atoms with Crippen LogP contribution in [-0.4, -0.2) is 14.2 Å². The van der Waals surface area contributed by atoms with Gasteiger partial charge in [-0.25, -0.2) is 12.8 Å². The summed E-state index contributed by atoms with van der Waals surface area (Å²) in [6, 6.07) is 13.8. The van der Waals surface area contributed by atoms with Crippen LogP contribution in [0, 0.1) is 17.1 Å². The van der Waals surface area contributed by atoms with Crippen LogP contribution in [0.2, 0.25) is 0 Å². The van der Waals surface area contributed by atoms with Gasteiger partial charge in [-0.15, -0.1) is 0 Å². The Balaban J connectivity index is 2.21. The third-order valence-corrected chi connectivity index (χ3v) is 5.86. The second-order valence-electron chi connectivity index (χ2n) is 6.68. The highest BCUT2D eigenvalue weighted by molar-refractivity contribution is 7.94. The zero-order chi connectivity index (χ0) is 20.1. The molecule has 140 valence electrons. The maximum atomic E-state index is 13.0. The molecule has 4 nitrogen and oxygen atoms in total. The van der Waals surface area contributed by atoms with Crippen LogP contribution in [0.3, 0.4) is 0 Å². The molecule has 0 amide bonds. The number of carbonyl (C=O) groups is 1. The Labute approximate surface area is 158 Å². The van der Waals surface area contributed by atoms with Crippen molar-refractivity contribution in [3.05, 3.63) is 77.0 Å². The zero-order valence-corrected chi connectivity index (χ0v) is 16.0. The molecule has 0 saturated carbocycles. The van der Waals surface area contributed by atoms with Crippen LogP contribution in [0.4, 0.5) is 4.39 Å². The fourth-order valence-corrected chi connectivity index (χ4v) is 3.60. The monoisotopic (exact) mass is 385 g/mol. The number of hydrogen-bond donors (Lipinski definition) is 0. The first-order valence-corrected chi connectivity index (χ1v) is 9.91. The fourth-order valence-electron chi connectivity index (χ4n) is 2.64. The fraction of sp³-hybridized carbons (Fsp3) is 0.238. The lowest BCUT2D eigenvalue weighted by Crippen LogP contribution is -2.29. The summed E-state index contributed by atoms with van der Waals surface area (Å²) in [5.41, 5.74) is 0.557. The van der Waals surface area contributed by atoms with Crippen molar-refractivity contribution in [2.75, 3.05) is 0 Å². The van der Waals surface area contributed by atoms with Crippen molar-refractivity contribution in [1.82, 2.24) is 0 Å². The number of rotatable bonds is 7. The van der Waals surface area contributed by atoms with E-state index in [4.69, 9.17) is 5.26 Å². The quantitative estimate of drug-likeness (QED) is 0.672. The first-order valence-electron chi connectivity index (χ1n) is 8.36. The number of ketones is 1. The number of sulfone groups is 1. The van der Waals surface area contributed by atoms with E-state index in [9.17, 15) is 17.6 Å². The summed E-state index contributed by atoms with van der Waals surface area (Å²) in [5, 5.41) is 9.38. The van der Waals surface area contributed by atoms with Gasteiger partial charge in [-0.1, -0.05) is 24.3 Å². The van der Waals surface area contributed by atoms with E-state index < -0.39 is 15.3 Å². The van der Waals surface area contributed by atoms with E-state index in [2.05, 4.69) is 0 Å². The van der Waals surface area contributed by atoms with Gasteiger partial charge in [0, 0.05) is 23.3 Å². The molecular weight excluding hydrogens is 365 g/mol. The van der Waals surface area contributed by atoms with Crippen molar-refractivity contribution in [3.8, 4) is 6.07 Å². The van der Waals surface area contributed by atoms with E-state index in [1.54, 1.807) is 44.2 Å². The molecular formula is C21H20FNO3S. The number of nitrogens with zero attached hydrogens (tertiary/aromatic N) is 1. The molecule has 0 aliphatic carbocycles. The maximum Gasteiger partial charge on any atom is 0.200 e. The smallest absolute Gasteiger partial charge is 0.200 e. The van der Waals surface area contributed by atoms with Gasteiger partial charge in [0.2, 0.25) is 9.84 Å². The van der Waals surface area contributed by atoms with Gasteiger partial charge in [0.1, 0.15) is 11.6 Å². The second-order valence-corrected chi connectivity index (χ2v) is 8.51. The number of carbonyl (C=O) groups excluding carboxylic acids is 1. The predicted molar refractivity (Wildman–Crippen MR) is 101 cm³/mol. The molecule has 0 atom stereocenters. The molecule has 0 radical (unpaired) electrons. The van der Waals surface area contributed by atoms with Gasteiger partial charge in [-0.3, -0.25) is 4.79 Å².